The van der Waals surface area contributed by atoms with E-state index in [9.17, 15) is 8.42 Å². The number of nitrogens with two attached hydrogens (primary N) is 1. The summed E-state index contributed by atoms with van der Waals surface area (Å²) in [7, 11) is -1.70. The van der Waals surface area contributed by atoms with Crippen molar-refractivity contribution in [3.05, 3.63) is 48.0 Å². The fraction of sp³-hybridized carbons (Fsp3) is 0.357. The van der Waals surface area contributed by atoms with Gasteiger partial charge in [0, 0.05) is 19.4 Å². The van der Waals surface area contributed by atoms with Crippen LogP contribution >= 0.6 is 0 Å². The van der Waals surface area contributed by atoms with Crippen LogP contribution in [0.25, 0.3) is 0 Å². The molecule has 0 bridgehead atoms. The number of benzene rings is 1. The van der Waals surface area contributed by atoms with Crippen molar-refractivity contribution in [2.24, 2.45) is 12.8 Å². The highest BCUT2D eigenvalue weighted by Crippen LogP contribution is 2.12. The Morgan fingerprint density at radius 1 is 1.29 bits per heavy atom. The van der Waals surface area contributed by atoms with Gasteiger partial charge >= 0.3 is 0 Å². The number of rotatable bonds is 7. The van der Waals surface area contributed by atoms with E-state index in [1.54, 1.807) is 29.1 Å². The summed E-state index contributed by atoms with van der Waals surface area (Å²) in [4.78, 5) is 4.34. The van der Waals surface area contributed by atoms with Crippen molar-refractivity contribution < 1.29 is 8.42 Å². The van der Waals surface area contributed by atoms with Gasteiger partial charge in [-0.1, -0.05) is 12.1 Å². The van der Waals surface area contributed by atoms with Crippen LogP contribution in [0.1, 0.15) is 17.8 Å². The predicted octanol–water partition coefficient (Wildman–Crippen LogP) is 0.790. The fourth-order valence-corrected chi connectivity index (χ4v) is 2.93. The molecule has 0 aliphatic heterocycles. The van der Waals surface area contributed by atoms with E-state index in [0.29, 0.717) is 12.4 Å². The van der Waals surface area contributed by atoms with Crippen LogP contribution < -0.4 is 10.5 Å². The highest BCUT2D eigenvalue weighted by Gasteiger charge is 2.14. The second-order valence-corrected chi connectivity index (χ2v) is 6.58. The summed E-state index contributed by atoms with van der Waals surface area (Å²) in [6, 6.07) is 6.88. The molecule has 0 saturated heterocycles. The lowest BCUT2D eigenvalue weighted by Crippen LogP contribution is -2.24. The SMILES string of the molecule is Cn1ccnc1CNS(=O)(=O)c1ccc(CCCN)cc1. The summed E-state index contributed by atoms with van der Waals surface area (Å²) < 4.78 is 28.7. The summed E-state index contributed by atoms with van der Waals surface area (Å²) in [5.74, 6) is 0.665. The Morgan fingerprint density at radius 2 is 2.00 bits per heavy atom. The molecule has 1 heterocycles. The smallest absolute Gasteiger partial charge is 0.240 e. The lowest BCUT2D eigenvalue weighted by molar-refractivity contribution is 0.577. The maximum atomic E-state index is 12.2. The highest BCUT2D eigenvalue weighted by atomic mass is 32.2. The standard InChI is InChI=1S/C14H20N4O2S/c1-18-10-9-16-14(18)11-17-21(19,20)13-6-4-12(5-7-13)3-2-8-15/h4-7,9-10,17H,2-3,8,11,15H2,1H3. The zero-order valence-electron chi connectivity index (χ0n) is 12.0. The summed E-state index contributed by atoms with van der Waals surface area (Å²) in [6.45, 7) is 0.798. The number of nitrogens with zero attached hydrogens (tertiary/aromatic N) is 2. The Bertz CT molecular complexity index is 677. The van der Waals surface area contributed by atoms with Gasteiger partial charge in [-0.05, 0) is 37.1 Å². The minimum atomic E-state index is -3.52. The molecule has 2 rings (SSSR count). The Morgan fingerprint density at radius 3 is 2.57 bits per heavy atom. The van der Waals surface area contributed by atoms with E-state index in [2.05, 4.69) is 9.71 Å². The Hall–Kier alpha value is -1.70. The second kappa shape index (κ2) is 6.84. The molecule has 3 N–H and O–H groups in total. The average molecular weight is 308 g/mol. The van der Waals surface area contributed by atoms with Gasteiger partial charge in [0.25, 0.3) is 0 Å². The topological polar surface area (TPSA) is 90.0 Å². The number of hydrogen-bond donors (Lipinski definition) is 2. The van der Waals surface area contributed by atoms with Crippen LogP contribution in [0.4, 0.5) is 0 Å². The van der Waals surface area contributed by atoms with E-state index in [1.807, 2.05) is 19.2 Å². The Kier molecular flexibility index (Phi) is 5.11. The average Bonchev–Trinajstić information content (AvgIpc) is 2.89. The molecular formula is C14H20N4O2S. The van der Waals surface area contributed by atoms with E-state index >= 15 is 0 Å². The molecule has 0 radical (unpaired) electrons. The second-order valence-electron chi connectivity index (χ2n) is 4.82. The highest BCUT2D eigenvalue weighted by molar-refractivity contribution is 7.89. The maximum absolute atomic E-state index is 12.2. The van der Waals surface area contributed by atoms with Crippen molar-refractivity contribution in [1.82, 2.24) is 14.3 Å². The van der Waals surface area contributed by atoms with Crippen LogP contribution in [0.3, 0.4) is 0 Å². The van der Waals surface area contributed by atoms with Gasteiger partial charge in [-0.3, -0.25) is 0 Å². The zero-order valence-corrected chi connectivity index (χ0v) is 12.8. The lowest BCUT2D eigenvalue weighted by Gasteiger charge is -2.08. The summed E-state index contributed by atoms with van der Waals surface area (Å²) in [6.07, 6.45) is 5.16. The van der Waals surface area contributed by atoms with E-state index in [-0.39, 0.29) is 11.4 Å². The van der Waals surface area contributed by atoms with Gasteiger partial charge in [0.2, 0.25) is 10.0 Å². The van der Waals surface area contributed by atoms with Gasteiger partial charge in [-0.25, -0.2) is 18.1 Å². The molecule has 1 aromatic heterocycles. The molecule has 0 aliphatic rings. The molecule has 0 amide bonds. The van der Waals surface area contributed by atoms with Crippen LogP contribution in [-0.4, -0.2) is 24.5 Å². The summed E-state index contributed by atoms with van der Waals surface area (Å²) in [5, 5.41) is 0. The Labute approximate surface area is 125 Å². The minimum absolute atomic E-state index is 0.167. The summed E-state index contributed by atoms with van der Waals surface area (Å²) in [5.41, 5.74) is 6.55. The number of aryl methyl sites for hydroxylation is 2. The molecule has 2 aromatic rings. The van der Waals surface area contributed by atoms with Crippen LogP contribution in [0.2, 0.25) is 0 Å². The molecule has 0 saturated carbocycles. The lowest BCUT2D eigenvalue weighted by atomic mass is 10.1. The molecule has 0 aliphatic carbocycles. The van der Waals surface area contributed by atoms with Crippen LogP contribution in [0.15, 0.2) is 41.6 Å². The molecule has 21 heavy (non-hydrogen) atoms. The van der Waals surface area contributed by atoms with E-state index < -0.39 is 10.0 Å². The van der Waals surface area contributed by atoms with Crippen molar-refractivity contribution in [3.63, 3.8) is 0 Å². The van der Waals surface area contributed by atoms with Crippen molar-refractivity contribution >= 4 is 10.0 Å². The first-order valence-corrected chi connectivity index (χ1v) is 8.26. The number of sulfonamides is 1. The van der Waals surface area contributed by atoms with Gasteiger partial charge in [0.05, 0.1) is 11.4 Å². The third-order valence-electron chi connectivity index (χ3n) is 3.24. The molecule has 0 unspecified atom stereocenters. The van der Waals surface area contributed by atoms with Crippen LogP contribution in [-0.2, 0) is 30.0 Å². The van der Waals surface area contributed by atoms with Crippen LogP contribution in [0.5, 0.6) is 0 Å². The van der Waals surface area contributed by atoms with Crippen molar-refractivity contribution in [2.75, 3.05) is 6.54 Å². The van der Waals surface area contributed by atoms with Crippen LogP contribution in [0, 0.1) is 0 Å². The number of aromatic nitrogens is 2. The van der Waals surface area contributed by atoms with E-state index in [4.69, 9.17) is 5.73 Å². The van der Waals surface area contributed by atoms with Gasteiger partial charge in [0.1, 0.15) is 5.82 Å². The first-order chi connectivity index (χ1) is 10.0. The minimum Gasteiger partial charge on any atom is -0.337 e. The Balaban J connectivity index is 2.03. The fourth-order valence-electron chi connectivity index (χ4n) is 1.95. The molecule has 0 atom stereocenters. The quantitative estimate of drug-likeness (QED) is 0.791. The van der Waals surface area contributed by atoms with E-state index in [0.717, 1.165) is 18.4 Å². The number of hydrogen-bond acceptors (Lipinski definition) is 4. The number of imidazole rings is 1. The molecule has 0 fully saturated rings. The summed E-state index contributed by atoms with van der Waals surface area (Å²) >= 11 is 0. The van der Waals surface area contributed by atoms with Gasteiger partial charge in [-0.2, -0.15) is 0 Å². The predicted molar refractivity (Wildman–Crippen MR) is 81.1 cm³/mol. The van der Waals surface area contributed by atoms with Gasteiger partial charge in [0.15, 0.2) is 0 Å². The van der Waals surface area contributed by atoms with Gasteiger partial charge in [-0.15, -0.1) is 0 Å². The molecule has 6 nitrogen and oxygen atoms in total. The molecule has 7 heteroatoms. The first-order valence-electron chi connectivity index (χ1n) is 6.78. The normalized spacial score (nSPS) is 11.7. The molecule has 0 spiro atoms. The van der Waals surface area contributed by atoms with Crippen molar-refractivity contribution in [1.29, 1.82) is 0 Å². The van der Waals surface area contributed by atoms with Crippen molar-refractivity contribution in [2.45, 2.75) is 24.3 Å². The third kappa shape index (κ3) is 4.13. The van der Waals surface area contributed by atoms with E-state index in [1.165, 1.54) is 0 Å². The molecule has 1 aromatic carbocycles. The molecular weight excluding hydrogens is 288 g/mol. The maximum Gasteiger partial charge on any atom is 0.240 e. The first kappa shape index (κ1) is 15.7. The zero-order chi connectivity index (χ0) is 15.3. The monoisotopic (exact) mass is 308 g/mol. The molecule has 114 valence electrons. The number of nitrogens with one attached hydrogen (secondary N) is 1. The largest absolute Gasteiger partial charge is 0.337 e. The third-order valence-corrected chi connectivity index (χ3v) is 4.66. The van der Waals surface area contributed by atoms with Crippen molar-refractivity contribution in [3.8, 4) is 0 Å². The van der Waals surface area contributed by atoms with Gasteiger partial charge < -0.3 is 10.3 Å².